The molecular formula is C16H15N3O7S. The zero-order valence-electron chi connectivity index (χ0n) is 13.9. The molecule has 2 rings (SSSR count). The number of methoxy groups -OCH3 is 1. The number of hydrogen-bond acceptors (Lipinski definition) is 6. The van der Waals surface area contributed by atoms with Crippen molar-refractivity contribution in [2.24, 2.45) is 0 Å². The first-order chi connectivity index (χ1) is 12.7. The number of sulfonamides is 1. The lowest BCUT2D eigenvalue weighted by Gasteiger charge is -2.10. The summed E-state index contributed by atoms with van der Waals surface area (Å²) in [5.74, 6) is -3.44. The maximum atomic E-state index is 12.1. The lowest BCUT2D eigenvalue weighted by molar-refractivity contribution is -0.136. The fourth-order valence-electron chi connectivity index (χ4n) is 1.94. The highest BCUT2D eigenvalue weighted by molar-refractivity contribution is 7.89. The van der Waals surface area contributed by atoms with E-state index in [9.17, 15) is 22.8 Å². The number of benzene rings is 2. The topological polar surface area (TPSA) is 151 Å². The molecule has 142 valence electrons. The number of carboxylic acids is 1. The van der Waals surface area contributed by atoms with E-state index < -0.39 is 27.8 Å². The molecule has 0 saturated carbocycles. The quantitative estimate of drug-likeness (QED) is 0.408. The van der Waals surface area contributed by atoms with Crippen molar-refractivity contribution in [2.75, 3.05) is 12.4 Å². The van der Waals surface area contributed by atoms with Crippen LogP contribution in [0.5, 0.6) is 5.75 Å². The van der Waals surface area contributed by atoms with Gasteiger partial charge in [-0.1, -0.05) is 12.1 Å². The standard InChI is InChI=1S/C16H15N3O7S/c1-26-10-6-8-11(9-7-10)27(24,25)19-18-15(21)14(20)17-13-5-3-2-4-12(13)16(22)23/h2-9,19H,1H3,(H,17,20)(H,18,21)(H,22,23). The minimum absolute atomic E-state index is 0.108. The number of hydrogen-bond donors (Lipinski definition) is 4. The number of carbonyl (C=O) groups is 3. The van der Waals surface area contributed by atoms with Gasteiger partial charge in [-0.15, -0.1) is 4.83 Å². The van der Waals surface area contributed by atoms with Crippen LogP contribution in [0.3, 0.4) is 0 Å². The predicted octanol–water partition coefficient (Wildman–Crippen LogP) is 0.342. The van der Waals surface area contributed by atoms with Crippen LogP contribution in [-0.4, -0.2) is 38.4 Å². The van der Waals surface area contributed by atoms with Crippen LogP contribution in [-0.2, 0) is 19.6 Å². The van der Waals surface area contributed by atoms with Gasteiger partial charge in [0.05, 0.1) is 23.3 Å². The van der Waals surface area contributed by atoms with Crippen molar-refractivity contribution in [2.45, 2.75) is 4.90 Å². The molecule has 4 N–H and O–H groups in total. The molecule has 2 aromatic rings. The largest absolute Gasteiger partial charge is 0.497 e. The second-order valence-corrected chi connectivity index (χ2v) is 6.72. The Hall–Kier alpha value is -3.44. The SMILES string of the molecule is COc1ccc(S(=O)(=O)NNC(=O)C(=O)Nc2ccccc2C(=O)O)cc1. The van der Waals surface area contributed by atoms with Crippen LogP contribution in [0.4, 0.5) is 5.69 Å². The molecule has 0 unspecified atom stereocenters. The molecule has 0 aliphatic rings. The Morgan fingerprint density at radius 2 is 1.59 bits per heavy atom. The number of ether oxygens (including phenoxy) is 1. The third-order valence-corrected chi connectivity index (χ3v) is 4.54. The first kappa shape index (κ1) is 19.9. The molecule has 2 aromatic carbocycles. The lowest BCUT2D eigenvalue weighted by Crippen LogP contribution is -2.46. The monoisotopic (exact) mass is 393 g/mol. The summed E-state index contributed by atoms with van der Waals surface area (Å²) in [6, 6.07) is 10.7. The van der Waals surface area contributed by atoms with E-state index in [1.807, 2.05) is 0 Å². The fourth-order valence-corrected chi connectivity index (χ4v) is 2.78. The summed E-state index contributed by atoms with van der Waals surface area (Å²) in [6.07, 6.45) is 0. The molecular weight excluding hydrogens is 378 g/mol. The number of amides is 2. The minimum atomic E-state index is -4.12. The molecule has 0 atom stereocenters. The van der Waals surface area contributed by atoms with E-state index in [2.05, 4.69) is 5.32 Å². The Labute approximate surface area is 154 Å². The first-order valence-corrected chi connectivity index (χ1v) is 8.82. The highest BCUT2D eigenvalue weighted by Crippen LogP contribution is 2.15. The smallest absolute Gasteiger partial charge is 0.337 e. The second kappa shape index (κ2) is 8.29. The van der Waals surface area contributed by atoms with Gasteiger partial charge in [0.15, 0.2) is 0 Å². The molecule has 0 saturated heterocycles. The number of nitrogens with one attached hydrogen (secondary N) is 3. The number of hydrazine groups is 1. The molecule has 0 fully saturated rings. The van der Waals surface area contributed by atoms with Crippen molar-refractivity contribution < 1.29 is 32.6 Å². The van der Waals surface area contributed by atoms with E-state index in [1.165, 1.54) is 55.6 Å². The van der Waals surface area contributed by atoms with Crippen LogP contribution in [0.1, 0.15) is 10.4 Å². The van der Waals surface area contributed by atoms with Gasteiger partial charge in [0.1, 0.15) is 5.75 Å². The number of carbonyl (C=O) groups excluding carboxylic acids is 2. The van der Waals surface area contributed by atoms with Gasteiger partial charge in [0.25, 0.3) is 10.0 Å². The van der Waals surface area contributed by atoms with E-state index in [0.29, 0.717) is 5.75 Å². The Bertz CT molecular complexity index is 972. The normalized spacial score (nSPS) is 10.7. The molecule has 0 aromatic heterocycles. The van der Waals surface area contributed by atoms with Crippen LogP contribution in [0.2, 0.25) is 0 Å². The van der Waals surface area contributed by atoms with Crippen molar-refractivity contribution in [3.63, 3.8) is 0 Å². The average molecular weight is 393 g/mol. The van der Waals surface area contributed by atoms with Crippen LogP contribution in [0.25, 0.3) is 0 Å². The number of anilines is 1. The molecule has 10 nitrogen and oxygen atoms in total. The van der Waals surface area contributed by atoms with Crippen molar-refractivity contribution in [1.82, 2.24) is 10.3 Å². The zero-order valence-corrected chi connectivity index (χ0v) is 14.7. The second-order valence-electron chi connectivity index (χ2n) is 5.04. The van der Waals surface area contributed by atoms with E-state index in [1.54, 1.807) is 10.3 Å². The number of aromatic carboxylic acids is 1. The maximum Gasteiger partial charge on any atom is 0.337 e. The number of rotatable bonds is 6. The molecule has 11 heteroatoms. The van der Waals surface area contributed by atoms with E-state index in [-0.39, 0.29) is 16.1 Å². The zero-order chi connectivity index (χ0) is 20.0. The third kappa shape index (κ3) is 5.03. The molecule has 27 heavy (non-hydrogen) atoms. The van der Waals surface area contributed by atoms with Gasteiger partial charge in [0, 0.05) is 0 Å². The summed E-state index contributed by atoms with van der Waals surface area (Å²) in [5.41, 5.74) is 1.42. The maximum absolute atomic E-state index is 12.1. The van der Waals surface area contributed by atoms with Crippen molar-refractivity contribution >= 4 is 33.5 Å². The van der Waals surface area contributed by atoms with Crippen molar-refractivity contribution in [1.29, 1.82) is 0 Å². The summed E-state index contributed by atoms with van der Waals surface area (Å²) >= 11 is 0. The number of carboxylic acid groups (broad SMARTS) is 1. The van der Waals surface area contributed by atoms with Crippen molar-refractivity contribution in [3.8, 4) is 5.75 Å². The van der Waals surface area contributed by atoms with E-state index >= 15 is 0 Å². The molecule has 0 radical (unpaired) electrons. The lowest BCUT2D eigenvalue weighted by atomic mass is 10.2. The van der Waals surface area contributed by atoms with Gasteiger partial charge in [-0.2, -0.15) is 0 Å². The van der Waals surface area contributed by atoms with Crippen LogP contribution < -0.4 is 20.3 Å². The van der Waals surface area contributed by atoms with Gasteiger partial charge < -0.3 is 15.2 Å². The average Bonchev–Trinajstić information content (AvgIpc) is 2.66. The summed E-state index contributed by atoms with van der Waals surface area (Å²) in [6.45, 7) is 0. The molecule has 0 heterocycles. The van der Waals surface area contributed by atoms with Crippen LogP contribution >= 0.6 is 0 Å². The molecule has 2 amide bonds. The first-order valence-electron chi connectivity index (χ1n) is 7.34. The number of para-hydroxylation sites is 1. The third-order valence-electron chi connectivity index (χ3n) is 3.28. The van der Waals surface area contributed by atoms with Gasteiger partial charge in [0.2, 0.25) is 0 Å². The van der Waals surface area contributed by atoms with E-state index in [0.717, 1.165) is 0 Å². The van der Waals surface area contributed by atoms with Crippen molar-refractivity contribution in [3.05, 3.63) is 54.1 Å². The van der Waals surface area contributed by atoms with Gasteiger partial charge in [-0.25, -0.2) is 13.2 Å². The summed E-state index contributed by atoms with van der Waals surface area (Å²) in [5, 5.41) is 11.1. The highest BCUT2D eigenvalue weighted by Gasteiger charge is 2.20. The Morgan fingerprint density at radius 1 is 0.963 bits per heavy atom. The Morgan fingerprint density at radius 3 is 2.19 bits per heavy atom. The van der Waals surface area contributed by atoms with Crippen LogP contribution in [0.15, 0.2) is 53.4 Å². The molecule has 0 bridgehead atoms. The minimum Gasteiger partial charge on any atom is -0.497 e. The van der Waals surface area contributed by atoms with Gasteiger partial charge in [-0.05, 0) is 36.4 Å². The fraction of sp³-hybridized carbons (Fsp3) is 0.0625. The molecule has 0 aliphatic heterocycles. The van der Waals surface area contributed by atoms with Crippen LogP contribution in [0, 0.1) is 0 Å². The Balaban J connectivity index is 2.02. The predicted molar refractivity (Wildman–Crippen MR) is 93.5 cm³/mol. The van der Waals surface area contributed by atoms with Gasteiger partial charge in [-0.3, -0.25) is 15.0 Å². The van der Waals surface area contributed by atoms with Gasteiger partial charge >= 0.3 is 17.8 Å². The Kier molecular flexibility index (Phi) is 6.11. The summed E-state index contributed by atoms with van der Waals surface area (Å²) in [4.78, 5) is 36.3. The highest BCUT2D eigenvalue weighted by atomic mass is 32.2. The summed E-state index contributed by atoms with van der Waals surface area (Å²) in [7, 11) is -2.70. The molecule has 0 spiro atoms. The van der Waals surface area contributed by atoms with E-state index in [4.69, 9.17) is 9.84 Å². The molecule has 0 aliphatic carbocycles. The summed E-state index contributed by atoms with van der Waals surface area (Å²) < 4.78 is 29.1.